The Bertz CT molecular complexity index is 803. The number of guanidine groups is 1. The Labute approximate surface area is 196 Å². The van der Waals surface area contributed by atoms with Crippen molar-refractivity contribution in [3.8, 4) is 5.75 Å². The lowest BCUT2D eigenvalue weighted by Crippen LogP contribution is -2.36. The average molecular weight is 528 g/mol. The first-order chi connectivity index (χ1) is 14.2. The second kappa shape index (κ2) is 12.8. The van der Waals surface area contributed by atoms with Crippen LogP contribution in [0, 0.1) is 6.92 Å². The van der Waals surface area contributed by atoms with Gasteiger partial charge in [0.1, 0.15) is 12.4 Å². The van der Waals surface area contributed by atoms with E-state index >= 15 is 0 Å². The number of rotatable bonds is 9. The summed E-state index contributed by atoms with van der Waals surface area (Å²) in [6, 6.07) is 8.21. The van der Waals surface area contributed by atoms with Gasteiger partial charge >= 0.3 is 0 Å². The first kappa shape index (κ1) is 24.5. The van der Waals surface area contributed by atoms with Crippen molar-refractivity contribution in [2.45, 2.75) is 59.2 Å². The number of aryl methyl sites for hydroxylation is 2. The molecule has 2 heterocycles. The summed E-state index contributed by atoms with van der Waals surface area (Å²) in [7, 11) is 0. The third-order valence-corrected chi connectivity index (χ3v) is 4.82. The van der Waals surface area contributed by atoms with Gasteiger partial charge in [-0.25, -0.2) is 4.99 Å². The van der Waals surface area contributed by atoms with Crippen LogP contribution in [-0.2, 0) is 24.2 Å². The Morgan fingerprint density at radius 1 is 1.27 bits per heavy atom. The summed E-state index contributed by atoms with van der Waals surface area (Å²) in [5.74, 6) is 2.40. The third-order valence-electron chi connectivity index (χ3n) is 4.82. The van der Waals surface area contributed by atoms with Gasteiger partial charge in [0.15, 0.2) is 11.7 Å². The van der Waals surface area contributed by atoms with Gasteiger partial charge in [0.25, 0.3) is 0 Å². The summed E-state index contributed by atoms with van der Waals surface area (Å²) in [6.45, 7) is 9.43. The van der Waals surface area contributed by atoms with Gasteiger partial charge in [-0.05, 0) is 44.7 Å². The highest BCUT2D eigenvalue weighted by Crippen LogP contribution is 2.23. The van der Waals surface area contributed by atoms with Crippen LogP contribution >= 0.6 is 24.0 Å². The summed E-state index contributed by atoms with van der Waals surface area (Å²) >= 11 is 0. The molecule has 8 heteroatoms. The molecule has 30 heavy (non-hydrogen) atoms. The second-order valence-corrected chi connectivity index (χ2v) is 7.24. The van der Waals surface area contributed by atoms with E-state index in [-0.39, 0.29) is 30.1 Å². The molecule has 2 aromatic rings. The second-order valence-electron chi connectivity index (χ2n) is 7.24. The summed E-state index contributed by atoms with van der Waals surface area (Å²) < 4.78 is 17.1. The predicted octanol–water partition coefficient (Wildman–Crippen LogP) is 3.98. The fraction of sp³-hybridized carbons (Fsp3) is 0.545. The van der Waals surface area contributed by atoms with Crippen LogP contribution in [0.25, 0.3) is 0 Å². The van der Waals surface area contributed by atoms with Gasteiger partial charge in [-0.3, -0.25) is 0 Å². The van der Waals surface area contributed by atoms with Crippen LogP contribution in [0.15, 0.2) is 33.8 Å². The summed E-state index contributed by atoms with van der Waals surface area (Å²) in [5.41, 5.74) is 3.18. The molecule has 7 nitrogen and oxygen atoms in total. The highest BCUT2D eigenvalue weighted by atomic mass is 127. The van der Waals surface area contributed by atoms with E-state index in [1.54, 1.807) is 0 Å². The van der Waals surface area contributed by atoms with E-state index in [1.807, 2.05) is 13.0 Å². The lowest BCUT2D eigenvalue weighted by atomic mass is 10.1. The van der Waals surface area contributed by atoms with Gasteiger partial charge in [-0.2, -0.15) is 0 Å². The Kier molecular flexibility index (Phi) is 10.4. The Morgan fingerprint density at radius 3 is 2.83 bits per heavy atom. The number of nitrogens with zero attached hydrogens (tertiary/aromatic N) is 2. The molecular weight excluding hydrogens is 495 g/mol. The zero-order chi connectivity index (χ0) is 20.5. The van der Waals surface area contributed by atoms with Crippen LogP contribution in [0.3, 0.4) is 0 Å². The van der Waals surface area contributed by atoms with Crippen molar-refractivity contribution in [1.29, 1.82) is 0 Å². The molecule has 1 aliphatic heterocycles. The minimum atomic E-state index is 0. The van der Waals surface area contributed by atoms with E-state index < -0.39 is 0 Å². The molecule has 1 aromatic carbocycles. The number of nitrogens with one attached hydrogen (secondary N) is 2. The number of aliphatic imine (C=N–C) groups is 1. The van der Waals surface area contributed by atoms with Crippen LogP contribution in [-0.4, -0.2) is 37.0 Å². The fourth-order valence-corrected chi connectivity index (χ4v) is 3.17. The summed E-state index contributed by atoms with van der Waals surface area (Å²) in [5, 5.41) is 10.6. The van der Waals surface area contributed by atoms with Gasteiger partial charge in [-0.15, -0.1) is 24.0 Å². The molecular formula is C22H33IN4O3. The predicted molar refractivity (Wildman–Crippen MR) is 129 cm³/mol. The topological polar surface area (TPSA) is 80.9 Å². The lowest BCUT2D eigenvalue weighted by Gasteiger charge is -2.15. The first-order valence-corrected chi connectivity index (χ1v) is 10.5. The number of halogens is 1. The van der Waals surface area contributed by atoms with E-state index in [0.29, 0.717) is 19.7 Å². The van der Waals surface area contributed by atoms with E-state index in [2.05, 4.69) is 47.8 Å². The van der Waals surface area contributed by atoms with Gasteiger partial charge in [-0.1, -0.05) is 24.2 Å². The van der Waals surface area contributed by atoms with Crippen molar-refractivity contribution in [3.63, 3.8) is 0 Å². The monoisotopic (exact) mass is 528 g/mol. The lowest BCUT2D eigenvalue weighted by molar-refractivity contribution is 0.0676. The smallest absolute Gasteiger partial charge is 0.191 e. The number of aromatic nitrogens is 1. The van der Waals surface area contributed by atoms with Crippen LogP contribution in [0.2, 0.25) is 0 Å². The van der Waals surface area contributed by atoms with Crippen molar-refractivity contribution in [1.82, 2.24) is 15.8 Å². The molecule has 1 fully saturated rings. The van der Waals surface area contributed by atoms with E-state index in [9.17, 15) is 0 Å². The minimum absolute atomic E-state index is 0. The van der Waals surface area contributed by atoms with Gasteiger partial charge in [0.2, 0.25) is 0 Å². The number of benzene rings is 1. The Morgan fingerprint density at radius 2 is 2.13 bits per heavy atom. The van der Waals surface area contributed by atoms with Crippen molar-refractivity contribution < 1.29 is 14.0 Å². The van der Waals surface area contributed by atoms with Gasteiger partial charge < -0.3 is 24.6 Å². The highest BCUT2D eigenvalue weighted by molar-refractivity contribution is 14.0. The van der Waals surface area contributed by atoms with Crippen LogP contribution in [0.4, 0.5) is 0 Å². The molecule has 1 aromatic heterocycles. The summed E-state index contributed by atoms with van der Waals surface area (Å²) in [4.78, 5) is 4.72. The average Bonchev–Trinajstić information content (AvgIpc) is 3.41. The molecule has 166 valence electrons. The van der Waals surface area contributed by atoms with Crippen molar-refractivity contribution in [2.75, 3.05) is 19.8 Å². The van der Waals surface area contributed by atoms with Crippen molar-refractivity contribution >= 4 is 29.9 Å². The first-order valence-electron chi connectivity index (χ1n) is 10.5. The van der Waals surface area contributed by atoms with Gasteiger partial charge in [0, 0.05) is 24.8 Å². The van der Waals surface area contributed by atoms with Crippen LogP contribution in [0.1, 0.15) is 49.3 Å². The Hall–Kier alpha value is -1.81. The maximum absolute atomic E-state index is 6.08. The van der Waals surface area contributed by atoms with Gasteiger partial charge in [0.05, 0.1) is 24.9 Å². The molecule has 0 saturated carbocycles. The highest BCUT2D eigenvalue weighted by Gasteiger charge is 2.17. The Balaban J connectivity index is 0.00000320. The molecule has 0 aliphatic carbocycles. The van der Waals surface area contributed by atoms with Crippen LogP contribution in [0.5, 0.6) is 5.75 Å². The van der Waals surface area contributed by atoms with E-state index in [0.717, 1.165) is 61.1 Å². The van der Waals surface area contributed by atoms with Crippen LogP contribution < -0.4 is 15.4 Å². The standard InChI is InChI=1S/C22H32N4O3.HI/c1-4-18-12-20(29-26-18)14-25-22(23-5-2)24-13-17-9-8-16(3)11-21(17)28-15-19-7-6-10-27-19;/h8-9,11-12,19H,4-7,10,13-15H2,1-3H3,(H2,23,24,25);1H. The van der Waals surface area contributed by atoms with Crippen molar-refractivity contribution in [3.05, 3.63) is 46.8 Å². The number of hydrogen-bond acceptors (Lipinski definition) is 5. The quantitative estimate of drug-likeness (QED) is 0.291. The molecule has 0 spiro atoms. The molecule has 0 amide bonds. The minimum Gasteiger partial charge on any atom is -0.491 e. The molecule has 1 saturated heterocycles. The number of ether oxygens (including phenoxy) is 2. The normalized spacial score (nSPS) is 16.2. The maximum Gasteiger partial charge on any atom is 0.191 e. The van der Waals surface area contributed by atoms with Crippen molar-refractivity contribution in [2.24, 2.45) is 4.99 Å². The molecule has 0 radical (unpaired) electrons. The molecule has 2 N–H and O–H groups in total. The molecule has 0 bridgehead atoms. The SMILES string of the molecule is CCNC(=NCc1ccc(C)cc1OCC1CCCO1)NCc1cc(CC)no1.I. The molecule has 1 atom stereocenters. The van der Waals surface area contributed by atoms with E-state index in [4.69, 9.17) is 19.0 Å². The molecule has 3 rings (SSSR count). The fourth-order valence-electron chi connectivity index (χ4n) is 3.17. The largest absolute Gasteiger partial charge is 0.491 e. The zero-order valence-electron chi connectivity index (χ0n) is 18.1. The molecule has 1 aliphatic rings. The molecule has 1 unspecified atom stereocenters. The zero-order valence-corrected chi connectivity index (χ0v) is 20.4. The van der Waals surface area contributed by atoms with E-state index in [1.165, 1.54) is 5.56 Å². The third kappa shape index (κ3) is 7.46. The number of hydrogen-bond donors (Lipinski definition) is 2. The maximum atomic E-state index is 6.08. The summed E-state index contributed by atoms with van der Waals surface area (Å²) in [6.07, 6.45) is 3.23.